The normalized spacial score (nSPS) is 11.7. The molecule has 2 N–H and O–H groups in total. The highest BCUT2D eigenvalue weighted by Crippen LogP contribution is 2.20. The zero-order valence-electron chi connectivity index (χ0n) is 10.0. The summed E-state index contributed by atoms with van der Waals surface area (Å²) in [4.78, 5) is 0. The van der Waals surface area contributed by atoms with Gasteiger partial charge in [0.2, 0.25) is 0 Å². The van der Waals surface area contributed by atoms with E-state index in [1.807, 2.05) is 54.6 Å². The highest BCUT2D eigenvalue weighted by molar-refractivity contribution is 5.45. The van der Waals surface area contributed by atoms with Crippen LogP contribution in [0.1, 0.15) is 17.2 Å². The first kappa shape index (κ1) is 12.2. The number of ether oxygens (including phenoxy) is 1. The van der Waals surface area contributed by atoms with Crippen LogP contribution in [0, 0.1) is 12.3 Å². The largest absolute Gasteiger partial charge is 0.398 e. The zero-order valence-corrected chi connectivity index (χ0v) is 10.0. The summed E-state index contributed by atoms with van der Waals surface area (Å²) < 4.78 is 5.73. The van der Waals surface area contributed by atoms with Crippen LogP contribution < -0.4 is 5.73 Å². The molecule has 0 aliphatic carbocycles. The maximum Gasteiger partial charge on any atom is 0.143 e. The fourth-order valence-electron chi connectivity index (χ4n) is 1.71. The van der Waals surface area contributed by atoms with Crippen molar-refractivity contribution in [3.8, 4) is 12.3 Å². The van der Waals surface area contributed by atoms with Gasteiger partial charge in [-0.2, -0.15) is 0 Å². The van der Waals surface area contributed by atoms with Crippen LogP contribution in [0.4, 0.5) is 5.69 Å². The quantitative estimate of drug-likeness (QED) is 0.655. The Morgan fingerprint density at radius 2 is 1.72 bits per heavy atom. The summed E-state index contributed by atoms with van der Waals surface area (Å²) in [7, 11) is 0. The highest BCUT2D eigenvalue weighted by Gasteiger charge is 2.08. The molecule has 0 aromatic heterocycles. The molecule has 0 aliphatic heterocycles. The minimum atomic E-state index is -0.342. The van der Waals surface area contributed by atoms with Crippen molar-refractivity contribution in [2.24, 2.45) is 0 Å². The van der Waals surface area contributed by atoms with Crippen LogP contribution in [0.15, 0.2) is 54.6 Å². The summed E-state index contributed by atoms with van der Waals surface area (Å²) in [6, 6.07) is 17.4. The van der Waals surface area contributed by atoms with Crippen molar-refractivity contribution >= 4 is 5.69 Å². The van der Waals surface area contributed by atoms with E-state index in [-0.39, 0.29) is 6.10 Å². The maximum atomic E-state index is 5.86. The Balaban J connectivity index is 2.05. The van der Waals surface area contributed by atoms with Gasteiger partial charge in [-0.25, -0.2) is 0 Å². The van der Waals surface area contributed by atoms with E-state index in [0.717, 1.165) is 16.8 Å². The van der Waals surface area contributed by atoms with E-state index in [0.29, 0.717) is 6.61 Å². The Kier molecular flexibility index (Phi) is 4.01. The van der Waals surface area contributed by atoms with E-state index in [4.69, 9.17) is 16.9 Å². The van der Waals surface area contributed by atoms with E-state index < -0.39 is 0 Å². The average Bonchev–Trinajstić information content (AvgIpc) is 2.42. The van der Waals surface area contributed by atoms with Crippen LogP contribution in [0.2, 0.25) is 0 Å². The number of anilines is 1. The van der Waals surface area contributed by atoms with Crippen LogP contribution in [0.25, 0.3) is 0 Å². The van der Waals surface area contributed by atoms with Gasteiger partial charge in [-0.1, -0.05) is 54.5 Å². The first-order valence-corrected chi connectivity index (χ1v) is 5.77. The molecule has 2 aromatic rings. The van der Waals surface area contributed by atoms with Gasteiger partial charge in [0.1, 0.15) is 6.10 Å². The smallest absolute Gasteiger partial charge is 0.143 e. The Labute approximate surface area is 107 Å². The first-order valence-electron chi connectivity index (χ1n) is 5.77. The Morgan fingerprint density at radius 3 is 2.39 bits per heavy atom. The molecule has 0 bridgehead atoms. The number of terminal acetylenes is 1. The SMILES string of the molecule is C#CC(OCc1ccccc1N)c1ccccc1. The standard InChI is InChI=1S/C16H15NO/c1-2-16(13-8-4-3-5-9-13)18-12-14-10-6-7-11-15(14)17/h1,3-11,16H,12,17H2. The highest BCUT2D eigenvalue weighted by atomic mass is 16.5. The van der Waals surface area contributed by atoms with Crippen molar-refractivity contribution in [1.82, 2.24) is 0 Å². The molecule has 1 unspecified atom stereocenters. The lowest BCUT2D eigenvalue weighted by Gasteiger charge is -2.13. The van der Waals surface area contributed by atoms with E-state index in [1.165, 1.54) is 0 Å². The molecule has 90 valence electrons. The number of hydrogen-bond acceptors (Lipinski definition) is 2. The molecule has 0 fully saturated rings. The molecule has 2 nitrogen and oxygen atoms in total. The third-order valence-electron chi connectivity index (χ3n) is 2.71. The number of nitrogen functional groups attached to an aromatic ring is 1. The molecule has 0 saturated carbocycles. The zero-order chi connectivity index (χ0) is 12.8. The van der Waals surface area contributed by atoms with Gasteiger partial charge in [-0.05, 0) is 11.6 Å². The average molecular weight is 237 g/mol. The lowest BCUT2D eigenvalue weighted by atomic mass is 10.1. The lowest BCUT2D eigenvalue weighted by Crippen LogP contribution is -2.03. The van der Waals surface area contributed by atoms with E-state index in [9.17, 15) is 0 Å². The van der Waals surface area contributed by atoms with E-state index >= 15 is 0 Å². The number of hydrogen-bond donors (Lipinski definition) is 1. The van der Waals surface area contributed by atoms with Crippen molar-refractivity contribution in [2.45, 2.75) is 12.7 Å². The summed E-state index contributed by atoms with van der Waals surface area (Å²) in [5.74, 6) is 2.65. The second-order valence-corrected chi connectivity index (χ2v) is 3.97. The predicted octanol–water partition coefficient (Wildman–Crippen LogP) is 3.16. The van der Waals surface area contributed by atoms with E-state index in [1.54, 1.807) is 0 Å². The van der Waals surface area contributed by atoms with Gasteiger partial charge in [-0.3, -0.25) is 0 Å². The second-order valence-electron chi connectivity index (χ2n) is 3.97. The molecule has 0 aliphatic rings. The Morgan fingerprint density at radius 1 is 1.06 bits per heavy atom. The van der Waals surface area contributed by atoms with Crippen molar-refractivity contribution in [3.63, 3.8) is 0 Å². The van der Waals surface area contributed by atoms with E-state index in [2.05, 4.69) is 5.92 Å². The summed E-state index contributed by atoms with van der Waals surface area (Å²) in [5.41, 5.74) is 8.51. The summed E-state index contributed by atoms with van der Waals surface area (Å²) in [6.07, 6.45) is 5.16. The van der Waals surface area contributed by atoms with Gasteiger partial charge in [-0.15, -0.1) is 6.42 Å². The van der Waals surface area contributed by atoms with Gasteiger partial charge in [0, 0.05) is 11.3 Å². The maximum absolute atomic E-state index is 5.86. The van der Waals surface area contributed by atoms with Gasteiger partial charge in [0.15, 0.2) is 0 Å². The van der Waals surface area contributed by atoms with Gasteiger partial charge >= 0.3 is 0 Å². The number of para-hydroxylation sites is 1. The summed E-state index contributed by atoms with van der Waals surface area (Å²) >= 11 is 0. The van der Waals surface area contributed by atoms with Crippen LogP contribution in [0.3, 0.4) is 0 Å². The number of nitrogens with two attached hydrogens (primary N) is 1. The number of benzene rings is 2. The molecule has 0 heterocycles. The molecule has 0 amide bonds. The molecule has 2 heteroatoms. The molecule has 2 aromatic carbocycles. The van der Waals surface area contributed by atoms with Crippen LogP contribution >= 0.6 is 0 Å². The molecule has 18 heavy (non-hydrogen) atoms. The van der Waals surface area contributed by atoms with Crippen LogP contribution in [0.5, 0.6) is 0 Å². The summed E-state index contributed by atoms with van der Waals surface area (Å²) in [5, 5.41) is 0. The fraction of sp³-hybridized carbons (Fsp3) is 0.125. The molecule has 1 atom stereocenters. The molecule has 0 radical (unpaired) electrons. The topological polar surface area (TPSA) is 35.2 Å². The molecule has 2 rings (SSSR count). The minimum absolute atomic E-state index is 0.342. The summed E-state index contributed by atoms with van der Waals surface area (Å²) in [6.45, 7) is 0.413. The van der Waals surface area contributed by atoms with Crippen molar-refractivity contribution in [2.75, 3.05) is 5.73 Å². The predicted molar refractivity (Wildman–Crippen MR) is 73.7 cm³/mol. The van der Waals surface area contributed by atoms with Gasteiger partial charge in [0.05, 0.1) is 6.61 Å². The molecule has 0 saturated heterocycles. The third-order valence-corrected chi connectivity index (χ3v) is 2.71. The Hall–Kier alpha value is -2.24. The molecule has 0 spiro atoms. The first-order chi connectivity index (χ1) is 8.81. The van der Waals surface area contributed by atoms with Crippen LogP contribution in [-0.4, -0.2) is 0 Å². The Bertz CT molecular complexity index is 543. The fourth-order valence-corrected chi connectivity index (χ4v) is 1.71. The lowest BCUT2D eigenvalue weighted by molar-refractivity contribution is 0.0786. The van der Waals surface area contributed by atoms with Crippen LogP contribution in [-0.2, 0) is 11.3 Å². The number of rotatable bonds is 4. The van der Waals surface area contributed by atoms with Gasteiger partial charge < -0.3 is 10.5 Å². The monoisotopic (exact) mass is 237 g/mol. The second kappa shape index (κ2) is 5.90. The third kappa shape index (κ3) is 2.91. The van der Waals surface area contributed by atoms with Gasteiger partial charge in [0.25, 0.3) is 0 Å². The minimum Gasteiger partial charge on any atom is -0.398 e. The molecular formula is C16H15NO. The van der Waals surface area contributed by atoms with Crippen molar-refractivity contribution in [1.29, 1.82) is 0 Å². The van der Waals surface area contributed by atoms with Crippen molar-refractivity contribution in [3.05, 3.63) is 65.7 Å². The molecular weight excluding hydrogens is 222 g/mol. The van der Waals surface area contributed by atoms with Crippen molar-refractivity contribution < 1.29 is 4.74 Å².